The molecule has 0 aliphatic rings. The summed E-state index contributed by atoms with van der Waals surface area (Å²) >= 11 is 1.49. The van der Waals surface area contributed by atoms with Crippen LogP contribution in [0.1, 0.15) is 16.8 Å². The maximum absolute atomic E-state index is 10.8. The average molecular weight is 395 g/mol. The van der Waals surface area contributed by atoms with E-state index < -0.39 is 5.97 Å². The van der Waals surface area contributed by atoms with E-state index in [1.54, 1.807) is 19.2 Å². The van der Waals surface area contributed by atoms with Crippen LogP contribution in [0.5, 0.6) is 5.06 Å². The Morgan fingerprint density at radius 1 is 1.25 bits per heavy atom. The number of rotatable bonds is 8. The van der Waals surface area contributed by atoms with Gasteiger partial charge in [0.1, 0.15) is 5.82 Å². The largest absolute Gasteiger partial charge is 0.487 e. The highest BCUT2D eigenvalue weighted by molar-refractivity contribution is 7.17. The Labute approximate surface area is 167 Å². The molecule has 6 nitrogen and oxygen atoms in total. The van der Waals surface area contributed by atoms with Crippen LogP contribution in [-0.4, -0.2) is 28.2 Å². The number of nitrogens with one attached hydrogen (secondary N) is 1. The maximum Gasteiger partial charge on any atom is 0.307 e. The van der Waals surface area contributed by atoms with Gasteiger partial charge in [-0.05, 0) is 43.2 Å². The second kappa shape index (κ2) is 8.67. The molecule has 2 heterocycles. The maximum atomic E-state index is 10.8. The van der Waals surface area contributed by atoms with Gasteiger partial charge in [-0.2, -0.15) is 0 Å². The number of methoxy groups -OCH3 is 1. The van der Waals surface area contributed by atoms with Crippen molar-refractivity contribution in [1.82, 2.24) is 9.97 Å². The van der Waals surface area contributed by atoms with Crippen LogP contribution in [0.25, 0.3) is 10.7 Å². The van der Waals surface area contributed by atoms with Crippen LogP contribution in [0.4, 0.5) is 11.5 Å². The first-order valence-electron chi connectivity index (χ1n) is 8.70. The summed E-state index contributed by atoms with van der Waals surface area (Å²) in [5.41, 5.74) is 3.42. The number of aryl methyl sites for hydroxylation is 1. The molecule has 3 rings (SSSR count). The number of allylic oxidation sites excluding steroid dienone is 1. The summed E-state index contributed by atoms with van der Waals surface area (Å²) in [5.74, 6) is 0.487. The summed E-state index contributed by atoms with van der Waals surface area (Å²) in [6, 6.07) is 11.1. The molecule has 0 aliphatic heterocycles. The minimum atomic E-state index is -0.851. The number of ether oxygens (including phenoxy) is 1. The molecule has 7 heteroatoms. The van der Waals surface area contributed by atoms with Crippen molar-refractivity contribution in [1.29, 1.82) is 0 Å². The third-order valence-electron chi connectivity index (χ3n) is 4.14. The number of nitrogens with zero attached hydrogens (tertiary/aromatic N) is 2. The SMILES string of the molecule is C=CCc1c(C)nc(-c2ccc(OC)s2)nc1Nc1ccc(CC(=O)O)cc1. The summed E-state index contributed by atoms with van der Waals surface area (Å²) in [4.78, 5) is 21.1. The zero-order valence-electron chi connectivity index (χ0n) is 15.7. The molecule has 0 atom stereocenters. The number of carboxylic acids is 1. The monoisotopic (exact) mass is 395 g/mol. The molecule has 0 saturated heterocycles. The number of hydrogen-bond donors (Lipinski definition) is 2. The Bertz CT molecular complexity index is 997. The van der Waals surface area contributed by atoms with Gasteiger partial charge in [0.25, 0.3) is 0 Å². The number of thiophene rings is 1. The van der Waals surface area contributed by atoms with Crippen molar-refractivity contribution >= 4 is 28.8 Å². The summed E-state index contributed by atoms with van der Waals surface area (Å²) in [6.07, 6.45) is 2.46. The smallest absolute Gasteiger partial charge is 0.307 e. The quantitative estimate of drug-likeness (QED) is 0.541. The molecule has 1 aromatic carbocycles. The van der Waals surface area contributed by atoms with E-state index in [0.29, 0.717) is 18.1 Å². The Kier molecular flexibility index (Phi) is 6.06. The first kappa shape index (κ1) is 19.6. The normalized spacial score (nSPS) is 10.5. The van der Waals surface area contributed by atoms with Gasteiger partial charge in [-0.25, -0.2) is 9.97 Å². The zero-order chi connectivity index (χ0) is 20.1. The fraction of sp³-hybridized carbons (Fsp3) is 0.190. The molecule has 0 spiro atoms. The van der Waals surface area contributed by atoms with Crippen LogP contribution < -0.4 is 10.1 Å². The standard InChI is InChI=1S/C21H21N3O3S/c1-4-5-16-13(2)22-21(17-10-11-19(27-3)28-17)24-20(16)23-15-8-6-14(7-9-15)12-18(25)26/h4,6-11H,1,5,12H2,2-3H3,(H,25,26)(H,22,23,24). The van der Waals surface area contributed by atoms with Crippen LogP contribution in [0, 0.1) is 6.92 Å². The topological polar surface area (TPSA) is 84.3 Å². The Morgan fingerprint density at radius 3 is 2.61 bits per heavy atom. The predicted molar refractivity (Wildman–Crippen MR) is 112 cm³/mol. The van der Waals surface area contributed by atoms with Crippen molar-refractivity contribution < 1.29 is 14.6 Å². The summed E-state index contributed by atoms with van der Waals surface area (Å²) in [6.45, 7) is 5.78. The van der Waals surface area contributed by atoms with Gasteiger partial charge in [0.15, 0.2) is 10.9 Å². The minimum absolute atomic E-state index is 0.00102. The molecule has 144 valence electrons. The molecule has 0 amide bonds. The van der Waals surface area contributed by atoms with Gasteiger partial charge in [-0.3, -0.25) is 4.79 Å². The first-order chi connectivity index (χ1) is 13.5. The lowest BCUT2D eigenvalue weighted by Gasteiger charge is -2.14. The van der Waals surface area contributed by atoms with Gasteiger partial charge in [0.05, 0.1) is 18.4 Å². The second-order valence-electron chi connectivity index (χ2n) is 6.17. The van der Waals surface area contributed by atoms with Crippen molar-refractivity contribution in [3.8, 4) is 15.8 Å². The number of aliphatic carboxylic acids is 1. The van der Waals surface area contributed by atoms with E-state index >= 15 is 0 Å². The Hall–Kier alpha value is -3.19. The van der Waals surface area contributed by atoms with Crippen molar-refractivity contribution in [3.63, 3.8) is 0 Å². The number of anilines is 2. The van der Waals surface area contributed by atoms with Crippen molar-refractivity contribution in [3.05, 3.63) is 65.9 Å². The van der Waals surface area contributed by atoms with Gasteiger partial charge >= 0.3 is 5.97 Å². The van der Waals surface area contributed by atoms with Gasteiger partial charge in [-0.15, -0.1) is 6.58 Å². The third-order valence-corrected chi connectivity index (χ3v) is 5.18. The zero-order valence-corrected chi connectivity index (χ0v) is 16.5. The van der Waals surface area contributed by atoms with E-state index in [1.807, 2.05) is 37.3 Å². The molecule has 28 heavy (non-hydrogen) atoms. The summed E-state index contributed by atoms with van der Waals surface area (Å²) < 4.78 is 5.27. The molecular formula is C21H21N3O3S. The fourth-order valence-electron chi connectivity index (χ4n) is 2.77. The van der Waals surface area contributed by atoms with E-state index in [-0.39, 0.29) is 6.42 Å². The van der Waals surface area contributed by atoms with Crippen LogP contribution in [0.2, 0.25) is 0 Å². The number of aromatic nitrogens is 2. The van der Waals surface area contributed by atoms with Crippen molar-refractivity contribution in [2.24, 2.45) is 0 Å². The molecule has 2 aromatic heterocycles. The molecule has 0 unspecified atom stereocenters. The molecule has 3 aromatic rings. The first-order valence-corrected chi connectivity index (χ1v) is 9.52. The lowest BCUT2D eigenvalue weighted by molar-refractivity contribution is -0.136. The molecule has 2 N–H and O–H groups in total. The summed E-state index contributed by atoms with van der Waals surface area (Å²) in [5, 5.41) is 13.0. The third kappa shape index (κ3) is 4.55. The van der Waals surface area contributed by atoms with E-state index in [9.17, 15) is 4.79 Å². The highest BCUT2D eigenvalue weighted by Crippen LogP contribution is 2.33. The van der Waals surface area contributed by atoms with Crippen LogP contribution in [0.15, 0.2) is 49.1 Å². The highest BCUT2D eigenvalue weighted by atomic mass is 32.1. The van der Waals surface area contributed by atoms with Crippen molar-refractivity contribution in [2.75, 3.05) is 12.4 Å². The molecule has 0 bridgehead atoms. The average Bonchev–Trinajstić information content (AvgIpc) is 3.15. The highest BCUT2D eigenvalue weighted by Gasteiger charge is 2.14. The van der Waals surface area contributed by atoms with Crippen molar-refractivity contribution in [2.45, 2.75) is 19.8 Å². The summed E-state index contributed by atoms with van der Waals surface area (Å²) in [7, 11) is 1.63. The van der Waals surface area contributed by atoms with Crippen LogP contribution >= 0.6 is 11.3 Å². The van der Waals surface area contributed by atoms with Crippen LogP contribution in [-0.2, 0) is 17.6 Å². The number of hydrogen-bond acceptors (Lipinski definition) is 6. The molecule has 0 saturated carbocycles. The van der Waals surface area contributed by atoms with Gasteiger partial charge < -0.3 is 15.2 Å². The molecule has 0 aliphatic carbocycles. The Balaban J connectivity index is 1.95. The lowest BCUT2D eigenvalue weighted by atomic mass is 10.1. The predicted octanol–water partition coefficient (Wildman–Crippen LogP) is 4.62. The fourth-order valence-corrected chi connectivity index (χ4v) is 3.52. The minimum Gasteiger partial charge on any atom is -0.487 e. The molecule has 0 radical (unpaired) electrons. The van der Waals surface area contributed by atoms with Gasteiger partial charge in [0, 0.05) is 16.9 Å². The van der Waals surface area contributed by atoms with E-state index in [2.05, 4.69) is 16.9 Å². The van der Waals surface area contributed by atoms with E-state index in [1.165, 1.54) is 11.3 Å². The number of carbonyl (C=O) groups is 1. The number of carboxylic acid groups (broad SMARTS) is 1. The van der Waals surface area contributed by atoms with Gasteiger partial charge in [0.2, 0.25) is 0 Å². The number of benzene rings is 1. The molecular weight excluding hydrogens is 374 g/mol. The van der Waals surface area contributed by atoms with E-state index in [0.717, 1.165) is 32.4 Å². The second-order valence-corrected chi connectivity index (χ2v) is 7.21. The van der Waals surface area contributed by atoms with E-state index in [4.69, 9.17) is 14.8 Å². The Morgan fingerprint density at radius 2 is 2.00 bits per heavy atom. The lowest BCUT2D eigenvalue weighted by Crippen LogP contribution is -2.05. The van der Waals surface area contributed by atoms with Crippen LogP contribution in [0.3, 0.4) is 0 Å². The van der Waals surface area contributed by atoms with Gasteiger partial charge in [-0.1, -0.05) is 29.5 Å². The molecule has 0 fully saturated rings.